The van der Waals surface area contributed by atoms with E-state index in [1.54, 1.807) is 37.1 Å². The van der Waals surface area contributed by atoms with Crippen molar-refractivity contribution in [1.82, 2.24) is 24.6 Å². The number of pyridine rings is 1. The van der Waals surface area contributed by atoms with E-state index in [-0.39, 0.29) is 6.61 Å². The van der Waals surface area contributed by atoms with Crippen LogP contribution < -0.4 is 4.74 Å². The van der Waals surface area contributed by atoms with E-state index in [1.807, 2.05) is 42.5 Å². The molecule has 1 aromatic carbocycles. The Balaban J connectivity index is 1.76. The van der Waals surface area contributed by atoms with Gasteiger partial charge in [0.1, 0.15) is 12.1 Å². The molecule has 0 spiro atoms. The third kappa shape index (κ3) is 3.22. The quantitative estimate of drug-likeness (QED) is 0.473. The number of carbonyl (C=O) groups excluding carboxylic acids is 1. The van der Waals surface area contributed by atoms with E-state index in [2.05, 4.69) is 15.1 Å². The van der Waals surface area contributed by atoms with Crippen molar-refractivity contribution in [2.45, 2.75) is 19.8 Å². The molecular weight excluding hydrogens is 394 g/mol. The molecule has 0 saturated heterocycles. The van der Waals surface area contributed by atoms with Crippen molar-refractivity contribution >= 4 is 11.6 Å². The molecule has 0 aliphatic carbocycles. The molecule has 0 unspecified atom stereocenters. The summed E-state index contributed by atoms with van der Waals surface area (Å²) < 4.78 is 12.9. The summed E-state index contributed by atoms with van der Waals surface area (Å²) in [6.45, 7) is 3.80. The Morgan fingerprint density at radius 1 is 1.19 bits per heavy atom. The first kappa shape index (κ1) is 18.9. The number of rotatable bonds is 4. The molecule has 154 valence electrons. The maximum atomic E-state index is 12.9. The van der Waals surface area contributed by atoms with E-state index < -0.39 is 11.9 Å². The fourth-order valence-electron chi connectivity index (χ4n) is 3.81. The Morgan fingerprint density at radius 2 is 2.03 bits per heavy atom. The Morgan fingerprint density at radius 3 is 2.77 bits per heavy atom. The molecular formula is C23H19N5O3. The highest BCUT2D eigenvalue weighted by Crippen LogP contribution is 2.44. The number of ether oxygens (including phenoxy) is 2. The maximum Gasteiger partial charge on any atom is 0.338 e. The molecule has 0 radical (unpaired) electrons. The number of hydrogen-bond acceptors (Lipinski definition) is 7. The van der Waals surface area contributed by atoms with Gasteiger partial charge in [-0.1, -0.05) is 30.3 Å². The fraction of sp³-hybridized carbons (Fsp3) is 0.174. The lowest BCUT2D eigenvalue weighted by Crippen LogP contribution is -2.24. The molecule has 0 bridgehead atoms. The number of allylic oxidation sites excluding steroid dienone is 1. The number of carbonyl (C=O) groups is 1. The molecule has 4 heterocycles. The molecule has 5 rings (SSSR count). The van der Waals surface area contributed by atoms with Gasteiger partial charge in [-0.2, -0.15) is 0 Å². The second kappa shape index (κ2) is 7.64. The first-order valence-corrected chi connectivity index (χ1v) is 9.93. The number of aromatic nitrogens is 5. The van der Waals surface area contributed by atoms with Crippen molar-refractivity contribution in [3.8, 4) is 17.3 Å². The van der Waals surface area contributed by atoms with Crippen molar-refractivity contribution < 1.29 is 14.3 Å². The van der Waals surface area contributed by atoms with Crippen LogP contribution in [0.15, 0.2) is 72.5 Å². The van der Waals surface area contributed by atoms with Gasteiger partial charge in [-0.15, -0.1) is 5.10 Å². The third-order valence-corrected chi connectivity index (χ3v) is 5.14. The molecule has 1 aliphatic rings. The van der Waals surface area contributed by atoms with Gasteiger partial charge in [-0.25, -0.2) is 19.3 Å². The number of nitrogens with zero attached hydrogens (tertiary/aromatic N) is 5. The summed E-state index contributed by atoms with van der Waals surface area (Å²) in [5, 5.41) is 4.56. The van der Waals surface area contributed by atoms with Crippen LogP contribution in [-0.2, 0) is 9.53 Å². The highest BCUT2D eigenvalue weighted by Gasteiger charge is 2.38. The highest BCUT2D eigenvalue weighted by molar-refractivity contribution is 5.93. The van der Waals surface area contributed by atoms with Gasteiger partial charge >= 0.3 is 5.97 Å². The number of fused-ring (bicyclic) bond motifs is 3. The predicted molar refractivity (Wildman–Crippen MR) is 112 cm³/mol. The molecule has 31 heavy (non-hydrogen) atoms. The largest absolute Gasteiger partial charge is 0.463 e. The third-order valence-electron chi connectivity index (χ3n) is 5.14. The minimum absolute atomic E-state index is 0.266. The van der Waals surface area contributed by atoms with Gasteiger partial charge in [-0.05, 0) is 31.5 Å². The highest BCUT2D eigenvalue weighted by atomic mass is 16.5. The Hall–Kier alpha value is -4.07. The molecule has 0 fully saturated rings. The zero-order valence-corrected chi connectivity index (χ0v) is 17.0. The van der Waals surface area contributed by atoms with Crippen molar-refractivity contribution in [1.29, 1.82) is 0 Å². The van der Waals surface area contributed by atoms with Gasteiger partial charge in [0.2, 0.25) is 5.88 Å². The lowest BCUT2D eigenvalue weighted by molar-refractivity contribution is -0.139. The molecule has 8 nitrogen and oxygen atoms in total. The molecule has 3 aromatic heterocycles. The van der Waals surface area contributed by atoms with Crippen molar-refractivity contribution in [3.05, 3.63) is 83.6 Å². The van der Waals surface area contributed by atoms with Crippen LogP contribution in [0.4, 0.5) is 0 Å². The smallest absolute Gasteiger partial charge is 0.338 e. The second-order valence-corrected chi connectivity index (χ2v) is 7.04. The van der Waals surface area contributed by atoms with Crippen LogP contribution >= 0.6 is 0 Å². The van der Waals surface area contributed by atoms with Crippen LogP contribution in [0.1, 0.15) is 30.9 Å². The standard InChI is InChI=1S/C23H19N5O3/c1-3-30-23(29)17-14(2)31-22-19(18(17)15-8-5-4-6-9-15)21-26-20(27-28(21)13-25-22)16-10-7-11-24-12-16/h4-13,18H,3H2,1-2H3/t18-/m0/s1. The molecule has 4 aromatic rings. The Kier molecular flexibility index (Phi) is 4.66. The lowest BCUT2D eigenvalue weighted by atomic mass is 9.83. The molecule has 0 N–H and O–H groups in total. The van der Waals surface area contributed by atoms with Gasteiger partial charge in [0.25, 0.3) is 0 Å². The maximum absolute atomic E-state index is 12.9. The minimum atomic E-state index is -0.453. The van der Waals surface area contributed by atoms with Gasteiger partial charge in [0.05, 0.1) is 23.7 Å². The minimum Gasteiger partial charge on any atom is -0.463 e. The summed E-state index contributed by atoms with van der Waals surface area (Å²) in [5.74, 6) is 0.499. The van der Waals surface area contributed by atoms with Crippen LogP contribution in [0, 0.1) is 0 Å². The van der Waals surface area contributed by atoms with Gasteiger partial charge in [-0.3, -0.25) is 4.98 Å². The van der Waals surface area contributed by atoms with Gasteiger partial charge in [0.15, 0.2) is 11.5 Å². The van der Waals surface area contributed by atoms with E-state index in [9.17, 15) is 4.79 Å². The van der Waals surface area contributed by atoms with E-state index in [4.69, 9.17) is 14.5 Å². The Labute approximate surface area is 178 Å². The van der Waals surface area contributed by atoms with E-state index in [1.165, 1.54) is 0 Å². The van der Waals surface area contributed by atoms with Gasteiger partial charge in [0, 0.05) is 18.0 Å². The molecule has 1 aliphatic heterocycles. The van der Waals surface area contributed by atoms with E-state index >= 15 is 0 Å². The molecule has 0 saturated carbocycles. The average Bonchev–Trinajstić information content (AvgIpc) is 3.24. The van der Waals surface area contributed by atoms with Gasteiger partial charge < -0.3 is 9.47 Å². The second-order valence-electron chi connectivity index (χ2n) is 7.04. The zero-order chi connectivity index (χ0) is 21.4. The topological polar surface area (TPSA) is 91.5 Å². The van der Waals surface area contributed by atoms with Crippen molar-refractivity contribution in [2.24, 2.45) is 0 Å². The average molecular weight is 413 g/mol. The van der Waals surface area contributed by atoms with Crippen LogP contribution in [0.5, 0.6) is 5.88 Å². The summed E-state index contributed by atoms with van der Waals surface area (Å²) in [7, 11) is 0. The van der Waals surface area contributed by atoms with Crippen molar-refractivity contribution in [3.63, 3.8) is 0 Å². The van der Waals surface area contributed by atoms with Crippen LogP contribution in [0.2, 0.25) is 0 Å². The number of hydrogen-bond donors (Lipinski definition) is 0. The lowest BCUT2D eigenvalue weighted by Gasteiger charge is -2.28. The molecule has 8 heteroatoms. The molecule has 1 atom stereocenters. The van der Waals surface area contributed by atoms with Crippen molar-refractivity contribution in [2.75, 3.05) is 6.61 Å². The summed E-state index contributed by atoms with van der Waals surface area (Å²) >= 11 is 0. The summed E-state index contributed by atoms with van der Waals surface area (Å²) in [6.07, 6.45) is 4.96. The Bertz CT molecular complexity index is 1300. The number of benzene rings is 1. The van der Waals surface area contributed by atoms with Crippen LogP contribution in [0.25, 0.3) is 17.0 Å². The molecule has 0 amide bonds. The van der Waals surface area contributed by atoms with Crippen LogP contribution in [0.3, 0.4) is 0 Å². The normalized spacial score (nSPS) is 15.5. The monoisotopic (exact) mass is 413 g/mol. The zero-order valence-electron chi connectivity index (χ0n) is 17.0. The van der Waals surface area contributed by atoms with E-state index in [0.29, 0.717) is 34.2 Å². The van der Waals surface area contributed by atoms with E-state index in [0.717, 1.165) is 11.1 Å². The van der Waals surface area contributed by atoms with Crippen LogP contribution in [-0.4, -0.2) is 37.1 Å². The first-order chi connectivity index (χ1) is 15.2. The fourth-order valence-corrected chi connectivity index (χ4v) is 3.81. The summed E-state index contributed by atoms with van der Waals surface area (Å²) in [4.78, 5) is 26.3. The number of esters is 1. The SMILES string of the molecule is CCOC(=O)C1=C(C)Oc2ncn3nc(-c4cccnc4)nc3c2[C@H]1c1ccccc1. The summed E-state index contributed by atoms with van der Waals surface area (Å²) in [6, 6.07) is 13.4. The summed E-state index contributed by atoms with van der Waals surface area (Å²) in [5.41, 5.74) is 3.36. The predicted octanol–water partition coefficient (Wildman–Crippen LogP) is 3.55. The first-order valence-electron chi connectivity index (χ1n) is 9.93.